The highest BCUT2D eigenvalue weighted by molar-refractivity contribution is 7.12. The fourth-order valence-corrected chi connectivity index (χ4v) is 5.64. The van der Waals surface area contributed by atoms with E-state index in [1.54, 1.807) is 70.6 Å². The van der Waals surface area contributed by atoms with Crippen LogP contribution in [0.3, 0.4) is 0 Å². The summed E-state index contributed by atoms with van der Waals surface area (Å²) in [5.74, 6) is -1.05. The Morgan fingerprint density at radius 1 is 1.03 bits per heavy atom. The third-order valence-corrected chi connectivity index (χ3v) is 7.88. The quantitative estimate of drug-likeness (QED) is 0.230. The number of hydrogen-bond acceptors (Lipinski definition) is 7. The van der Waals surface area contributed by atoms with Crippen LogP contribution in [0.2, 0.25) is 5.02 Å². The van der Waals surface area contributed by atoms with Gasteiger partial charge in [-0.05, 0) is 73.7 Å². The van der Waals surface area contributed by atoms with Gasteiger partial charge in [0.15, 0.2) is 0 Å². The Morgan fingerprint density at radius 3 is 2.44 bits per heavy atom. The van der Waals surface area contributed by atoms with Crippen molar-refractivity contribution in [2.24, 2.45) is 14.1 Å². The predicted octanol–water partition coefficient (Wildman–Crippen LogP) is 4.51. The van der Waals surface area contributed by atoms with Crippen molar-refractivity contribution < 1.29 is 14.3 Å². The van der Waals surface area contributed by atoms with E-state index in [-0.39, 0.29) is 22.4 Å². The van der Waals surface area contributed by atoms with Crippen LogP contribution in [0.25, 0.3) is 16.6 Å². The summed E-state index contributed by atoms with van der Waals surface area (Å²) < 4.78 is 9.39. The zero-order valence-electron chi connectivity index (χ0n) is 21.7. The minimum atomic E-state index is -0.589. The molecule has 0 fully saturated rings. The molecular weight excluding hydrogens is 540 g/mol. The van der Waals surface area contributed by atoms with Crippen LogP contribution in [0.1, 0.15) is 42.4 Å². The highest BCUT2D eigenvalue weighted by atomic mass is 35.5. The standard InChI is InChI=1S/C28H23ClN4O5S/c1-14-11-12-39-24(14)27(36)38-26-22(16(3)30-32(26)5)23(34)19-9-10-20-21(15(19)2)25(35)33(28(37)31(20)4)18-8-6-7-17(29)13-18/h6-13H,1-5H3. The molecule has 5 rings (SSSR count). The first-order valence-corrected chi connectivity index (χ1v) is 13.1. The van der Waals surface area contributed by atoms with Crippen LogP contribution in [-0.4, -0.2) is 30.7 Å². The van der Waals surface area contributed by atoms with Crippen molar-refractivity contribution in [3.8, 4) is 11.6 Å². The fourth-order valence-electron chi connectivity index (χ4n) is 4.65. The van der Waals surface area contributed by atoms with Gasteiger partial charge in [-0.15, -0.1) is 11.3 Å². The molecule has 0 radical (unpaired) electrons. The van der Waals surface area contributed by atoms with E-state index in [0.717, 1.165) is 10.1 Å². The molecule has 11 heteroatoms. The lowest BCUT2D eigenvalue weighted by Gasteiger charge is -2.15. The van der Waals surface area contributed by atoms with E-state index in [1.807, 2.05) is 6.07 Å². The molecule has 0 unspecified atom stereocenters. The number of ether oxygens (including phenoxy) is 1. The average Bonchev–Trinajstić information content (AvgIpc) is 3.43. The Labute approximate surface area is 231 Å². The van der Waals surface area contributed by atoms with Crippen molar-refractivity contribution in [1.29, 1.82) is 0 Å². The van der Waals surface area contributed by atoms with E-state index >= 15 is 0 Å². The molecule has 3 heterocycles. The van der Waals surface area contributed by atoms with Gasteiger partial charge in [0.1, 0.15) is 10.4 Å². The Morgan fingerprint density at radius 2 is 1.77 bits per heavy atom. The first kappa shape index (κ1) is 26.3. The fraction of sp³-hybridized carbons (Fsp3) is 0.179. The number of esters is 1. The van der Waals surface area contributed by atoms with Crippen LogP contribution < -0.4 is 16.0 Å². The van der Waals surface area contributed by atoms with Gasteiger partial charge in [-0.2, -0.15) is 5.10 Å². The normalized spacial score (nSPS) is 11.2. The molecule has 3 aromatic heterocycles. The van der Waals surface area contributed by atoms with Crippen LogP contribution >= 0.6 is 22.9 Å². The molecule has 0 saturated heterocycles. The molecule has 0 atom stereocenters. The molecule has 39 heavy (non-hydrogen) atoms. The third kappa shape index (κ3) is 4.31. The van der Waals surface area contributed by atoms with Crippen LogP contribution in [-0.2, 0) is 14.1 Å². The summed E-state index contributed by atoms with van der Waals surface area (Å²) in [6, 6.07) is 11.4. The molecule has 0 amide bonds. The first-order valence-electron chi connectivity index (χ1n) is 11.9. The summed E-state index contributed by atoms with van der Waals surface area (Å²) in [6.07, 6.45) is 0. The molecule has 2 aromatic carbocycles. The van der Waals surface area contributed by atoms with Crippen LogP contribution in [0.5, 0.6) is 5.88 Å². The SMILES string of the molecule is Cc1ccsc1C(=O)Oc1c(C(=O)c2ccc3c(c2C)c(=O)n(-c2cccc(Cl)c2)c(=O)n3C)c(C)nn1C. The second-order valence-corrected chi connectivity index (χ2v) is 10.5. The maximum Gasteiger partial charge on any atom is 0.355 e. The zero-order valence-corrected chi connectivity index (χ0v) is 23.3. The minimum absolute atomic E-state index is 0.00611. The lowest BCUT2D eigenvalue weighted by atomic mass is 9.96. The number of thiophene rings is 1. The molecule has 5 aromatic rings. The van der Waals surface area contributed by atoms with Gasteiger partial charge in [-0.25, -0.2) is 18.8 Å². The Bertz CT molecular complexity index is 1950. The van der Waals surface area contributed by atoms with Gasteiger partial charge in [-0.3, -0.25) is 14.2 Å². The highest BCUT2D eigenvalue weighted by Crippen LogP contribution is 2.29. The van der Waals surface area contributed by atoms with E-state index < -0.39 is 23.0 Å². The molecule has 0 spiro atoms. The van der Waals surface area contributed by atoms with Gasteiger partial charge in [0.05, 0.1) is 22.3 Å². The molecule has 0 N–H and O–H groups in total. The van der Waals surface area contributed by atoms with E-state index in [4.69, 9.17) is 16.3 Å². The molecule has 9 nitrogen and oxygen atoms in total. The zero-order chi connectivity index (χ0) is 28.2. The number of aromatic nitrogens is 4. The Kier molecular flexibility index (Phi) is 6.61. The van der Waals surface area contributed by atoms with E-state index in [0.29, 0.717) is 32.4 Å². The second-order valence-electron chi connectivity index (χ2n) is 9.13. The summed E-state index contributed by atoms with van der Waals surface area (Å²) in [5, 5.41) is 6.67. The largest absolute Gasteiger partial charge is 0.403 e. The lowest BCUT2D eigenvalue weighted by Crippen LogP contribution is -2.38. The highest BCUT2D eigenvalue weighted by Gasteiger charge is 2.28. The van der Waals surface area contributed by atoms with Crippen molar-refractivity contribution in [2.45, 2.75) is 20.8 Å². The van der Waals surface area contributed by atoms with Crippen molar-refractivity contribution in [3.63, 3.8) is 0 Å². The smallest absolute Gasteiger partial charge is 0.355 e. The van der Waals surface area contributed by atoms with E-state index in [9.17, 15) is 19.2 Å². The van der Waals surface area contributed by atoms with E-state index in [2.05, 4.69) is 5.10 Å². The second kappa shape index (κ2) is 9.79. The number of ketones is 1. The minimum Gasteiger partial charge on any atom is -0.403 e. The number of nitrogens with zero attached hydrogens (tertiary/aromatic N) is 4. The number of carbonyl (C=O) groups excluding carboxylic acids is 2. The molecular formula is C28H23ClN4O5S. The molecule has 0 aliphatic carbocycles. The summed E-state index contributed by atoms with van der Waals surface area (Å²) in [7, 11) is 3.14. The van der Waals surface area contributed by atoms with Gasteiger partial charge >= 0.3 is 11.7 Å². The topological polar surface area (TPSA) is 105 Å². The molecule has 0 bridgehead atoms. The number of halogens is 1. The van der Waals surface area contributed by atoms with Crippen molar-refractivity contribution in [2.75, 3.05) is 0 Å². The molecule has 0 aliphatic rings. The van der Waals surface area contributed by atoms with Gasteiger partial charge in [0.2, 0.25) is 11.7 Å². The molecule has 198 valence electrons. The van der Waals surface area contributed by atoms with Crippen LogP contribution in [0.15, 0.2) is 57.4 Å². The van der Waals surface area contributed by atoms with Crippen LogP contribution in [0, 0.1) is 20.8 Å². The lowest BCUT2D eigenvalue weighted by molar-refractivity contribution is 0.0722. The van der Waals surface area contributed by atoms with Crippen molar-refractivity contribution >= 4 is 45.6 Å². The number of benzene rings is 2. The number of aryl methyl sites for hydroxylation is 5. The summed E-state index contributed by atoms with van der Waals surface area (Å²) in [6.45, 7) is 5.10. The van der Waals surface area contributed by atoms with Gasteiger partial charge in [0, 0.05) is 24.7 Å². The number of fused-ring (bicyclic) bond motifs is 1. The van der Waals surface area contributed by atoms with Crippen molar-refractivity contribution in [3.05, 3.63) is 107 Å². The number of rotatable bonds is 5. The maximum absolute atomic E-state index is 13.9. The van der Waals surface area contributed by atoms with E-state index in [1.165, 1.54) is 26.7 Å². The predicted molar refractivity (Wildman–Crippen MR) is 150 cm³/mol. The molecule has 0 aliphatic heterocycles. The Hall–Kier alpha value is -4.28. The number of hydrogen-bond donors (Lipinski definition) is 0. The third-order valence-electron chi connectivity index (χ3n) is 6.64. The Balaban J connectivity index is 1.68. The maximum atomic E-state index is 13.9. The monoisotopic (exact) mass is 562 g/mol. The van der Waals surface area contributed by atoms with Gasteiger partial charge < -0.3 is 4.74 Å². The summed E-state index contributed by atoms with van der Waals surface area (Å²) >= 11 is 7.37. The van der Waals surface area contributed by atoms with Gasteiger partial charge in [0.25, 0.3) is 5.56 Å². The van der Waals surface area contributed by atoms with Gasteiger partial charge in [-0.1, -0.05) is 17.7 Å². The average molecular weight is 563 g/mol. The van der Waals surface area contributed by atoms with Crippen molar-refractivity contribution in [1.82, 2.24) is 18.9 Å². The molecule has 0 saturated carbocycles. The summed E-state index contributed by atoms with van der Waals surface area (Å²) in [5.41, 5.74) is 1.41. The van der Waals surface area contributed by atoms with Crippen LogP contribution in [0.4, 0.5) is 0 Å². The first-order chi connectivity index (χ1) is 18.5. The number of carbonyl (C=O) groups is 2. The summed E-state index contributed by atoms with van der Waals surface area (Å²) in [4.78, 5) is 54.1.